The fraction of sp³-hybridized carbons (Fsp3) is 0.353. The number of nitrogens with zero attached hydrogens (tertiary/aromatic N) is 4. The summed E-state index contributed by atoms with van der Waals surface area (Å²) in [6.45, 7) is 6.89. The summed E-state index contributed by atoms with van der Waals surface area (Å²) in [4.78, 5) is 17.5. The third-order valence-electron chi connectivity index (χ3n) is 3.94. The van der Waals surface area contributed by atoms with Crippen molar-refractivity contribution in [2.45, 2.75) is 33.4 Å². The second kappa shape index (κ2) is 6.60. The molecule has 0 bridgehead atoms. The van der Waals surface area contributed by atoms with Gasteiger partial charge >= 0.3 is 0 Å². The summed E-state index contributed by atoms with van der Waals surface area (Å²) in [5.74, 6) is 1.58. The maximum absolute atomic E-state index is 5.85. The molecule has 5 nitrogen and oxygen atoms in total. The molecule has 3 aromatic rings. The molecule has 0 fully saturated rings. The van der Waals surface area contributed by atoms with Crippen LogP contribution in [0.2, 0.25) is 0 Å². The Balaban J connectivity index is 1.76. The first-order valence-corrected chi connectivity index (χ1v) is 8.35. The number of thiophene rings is 1. The maximum Gasteiger partial charge on any atom is 0.236 e. The first kappa shape index (κ1) is 15.8. The third kappa shape index (κ3) is 3.48. The molecule has 0 spiro atoms. The summed E-state index contributed by atoms with van der Waals surface area (Å²) in [5, 5.41) is 0. The highest BCUT2D eigenvalue weighted by Crippen LogP contribution is 2.29. The number of aryl methyl sites for hydroxylation is 2. The minimum Gasteiger partial charge on any atom is -0.440 e. The van der Waals surface area contributed by atoms with Gasteiger partial charge in [-0.15, -0.1) is 11.3 Å². The van der Waals surface area contributed by atoms with Crippen LogP contribution in [0.5, 0.6) is 0 Å². The minimum atomic E-state index is 0.182. The lowest BCUT2D eigenvalue weighted by Gasteiger charge is -2.23. The molecular formula is C17H20N4OS. The fourth-order valence-corrected chi connectivity index (χ4v) is 3.17. The Labute approximate surface area is 140 Å². The van der Waals surface area contributed by atoms with E-state index in [1.54, 1.807) is 23.9 Å². The zero-order valence-corrected chi connectivity index (χ0v) is 14.6. The smallest absolute Gasteiger partial charge is 0.236 e. The van der Waals surface area contributed by atoms with Gasteiger partial charge in [0.15, 0.2) is 0 Å². The van der Waals surface area contributed by atoms with Gasteiger partial charge in [0, 0.05) is 23.7 Å². The van der Waals surface area contributed by atoms with Crippen LogP contribution in [0.25, 0.3) is 10.8 Å². The largest absolute Gasteiger partial charge is 0.440 e. The summed E-state index contributed by atoms with van der Waals surface area (Å²) in [7, 11) is 2.07. The number of hydrogen-bond acceptors (Lipinski definition) is 6. The zero-order chi connectivity index (χ0) is 16.4. The van der Waals surface area contributed by atoms with Gasteiger partial charge in [0.2, 0.25) is 5.89 Å². The van der Waals surface area contributed by atoms with Gasteiger partial charge in [-0.05, 0) is 46.0 Å². The van der Waals surface area contributed by atoms with Gasteiger partial charge in [-0.3, -0.25) is 4.90 Å². The van der Waals surface area contributed by atoms with Gasteiger partial charge in [0.1, 0.15) is 12.1 Å². The molecule has 0 aliphatic rings. The highest BCUT2D eigenvalue weighted by atomic mass is 32.1. The molecule has 0 amide bonds. The molecule has 120 valence electrons. The lowest BCUT2D eigenvalue weighted by molar-refractivity contribution is 0.244. The Bertz CT molecular complexity index is 781. The van der Waals surface area contributed by atoms with Crippen LogP contribution in [0.1, 0.15) is 35.0 Å². The van der Waals surface area contributed by atoms with Crippen LogP contribution in [-0.2, 0) is 6.54 Å². The number of aromatic nitrogens is 3. The molecule has 0 radical (unpaired) electrons. The van der Waals surface area contributed by atoms with Crippen LogP contribution >= 0.6 is 11.3 Å². The van der Waals surface area contributed by atoms with Crippen LogP contribution in [0.3, 0.4) is 0 Å². The molecule has 0 aromatic carbocycles. The van der Waals surface area contributed by atoms with E-state index in [-0.39, 0.29) is 6.04 Å². The van der Waals surface area contributed by atoms with E-state index < -0.39 is 0 Å². The van der Waals surface area contributed by atoms with E-state index in [2.05, 4.69) is 52.9 Å². The summed E-state index contributed by atoms with van der Waals surface area (Å²) < 4.78 is 5.85. The van der Waals surface area contributed by atoms with Crippen molar-refractivity contribution in [3.8, 4) is 10.8 Å². The van der Waals surface area contributed by atoms with Crippen LogP contribution in [-0.4, -0.2) is 26.9 Å². The lowest BCUT2D eigenvalue weighted by atomic mass is 10.2. The Kier molecular flexibility index (Phi) is 4.54. The molecule has 1 unspecified atom stereocenters. The second-order valence-corrected chi connectivity index (χ2v) is 6.95. The SMILES string of the molecule is Cc1ccc(-c2nc(CN(C)C(C)c3ccncn3)c(C)o2)s1. The lowest BCUT2D eigenvalue weighted by Crippen LogP contribution is -2.23. The predicted octanol–water partition coefficient (Wildman–Crippen LogP) is 4.00. The Morgan fingerprint density at radius 2 is 2.09 bits per heavy atom. The van der Waals surface area contributed by atoms with Gasteiger partial charge in [-0.25, -0.2) is 15.0 Å². The van der Waals surface area contributed by atoms with Crippen molar-refractivity contribution in [1.82, 2.24) is 19.9 Å². The van der Waals surface area contributed by atoms with Crippen molar-refractivity contribution >= 4 is 11.3 Å². The molecule has 1 atom stereocenters. The van der Waals surface area contributed by atoms with Crippen LogP contribution in [0.4, 0.5) is 0 Å². The minimum absolute atomic E-state index is 0.182. The third-order valence-corrected chi connectivity index (χ3v) is 4.93. The van der Waals surface area contributed by atoms with Crippen molar-refractivity contribution in [1.29, 1.82) is 0 Å². The van der Waals surface area contributed by atoms with Gasteiger partial charge in [0.25, 0.3) is 0 Å². The molecule has 3 heterocycles. The van der Waals surface area contributed by atoms with E-state index in [0.29, 0.717) is 12.4 Å². The average molecular weight is 328 g/mol. The molecule has 6 heteroatoms. The summed E-state index contributed by atoms with van der Waals surface area (Å²) in [5.41, 5.74) is 1.97. The topological polar surface area (TPSA) is 55.1 Å². The van der Waals surface area contributed by atoms with Gasteiger partial charge < -0.3 is 4.42 Å². The van der Waals surface area contributed by atoms with Crippen molar-refractivity contribution in [2.75, 3.05) is 7.05 Å². The number of hydrogen-bond donors (Lipinski definition) is 0. The van der Waals surface area contributed by atoms with E-state index in [4.69, 9.17) is 4.42 Å². The highest BCUT2D eigenvalue weighted by molar-refractivity contribution is 7.15. The Morgan fingerprint density at radius 1 is 1.26 bits per heavy atom. The Morgan fingerprint density at radius 3 is 2.74 bits per heavy atom. The molecule has 3 aromatic heterocycles. The van der Waals surface area contributed by atoms with Crippen LogP contribution < -0.4 is 0 Å². The first-order chi connectivity index (χ1) is 11.0. The van der Waals surface area contributed by atoms with Crippen LogP contribution in [0.15, 0.2) is 35.1 Å². The summed E-state index contributed by atoms with van der Waals surface area (Å²) >= 11 is 1.70. The molecule has 3 rings (SSSR count). The van der Waals surface area contributed by atoms with Crippen molar-refractivity contribution < 1.29 is 4.42 Å². The predicted molar refractivity (Wildman–Crippen MR) is 91.2 cm³/mol. The Hall–Kier alpha value is -2.05. The average Bonchev–Trinajstić information content (AvgIpc) is 3.14. The van der Waals surface area contributed by atoms with E-state index in [0.717, 1.165) is 22.0 Å². The summed E-state index contributed by atoms with van der Waals surface area (Å²) in [6.07, 6.45) is 3.35. The maximum atomic E-state index is 5.85. The molecule has 0 saturated carbocycles. The van der Waals surface area contributed by atoms with E-state index in [9.17, 15) is 0 Å². The summed E-state index contributed by atoms with van der Waals surface area (Å²) in [6, 6.07) is 6.27. The first-order valence-electron chi connectivity index (χ1n) is 7.54. The van der Waals surface area contributed by atoms with E-state index in [1.807, 2.05) is 13.0 Å². The van der Waals surface area contributed by atoms with Gasteiger partial charge in [0.05, 0.1) is 16.3 Å². The van der Waals surface area contributed by atoms with Gasteiger partial charge in [-0.2, -0.15) is 0 Å². The molecule has 0 aliphatic carbocycles. The fourth-order valence-electron chi connectivity index (χ4n) is 2.38. The monoisotopic (exact) mass is 328 g/mol. The second-order valence-electron chi connectivity index (χ2n) is 5.66. The molecule has 0 aliphatic heterocycles. The standard InChI is InChI=1S/C17H20N4OS/c1-11-5-6-16(23-11)17-20-15(13(3)22-17)9-21(4)12(2)14-7-8-18-10-19-14/h5-8,10,12H,9H2,1-4H3. The zero-order valence-electron chi connectivity index (χ0n) is 13.8. The van der Waals surface area contributed by atoms with Crippen LogP contribution in [0, 0.1) is 13.8 Å². The molecule has 0 N–H and O–H groups in total. The van der Waals surface area contributed by atoms with Crippen molar-refractivity contribution in [3.05, 3.63) is 52.7 Å². The van der Waals surface area contributed by atoms with Gasteiger partial charge in [-0.1, -0.05) is 0 Å². The number of oxazole rings is 1. The number of rotatable bonds is 5. The highest BCUT2D eigenvalue weighted by Gasteiger charge is 2.18. The van der Waals surface area contributed by atoms with Crippen molar-refractivity contribution in [2.24, 2.45) is 0 Å². The molecule has 23 heavy (non-hydrogen) atoms. The van der Waals surface area contributed by atoms with Crippen molar-refractivity contribution in [3.63, 3.8) is 0 Å². The van der Waals surface area contributed by atoms with E-state index in [1.165, 1.54) is 4.88 Å². The quantitative estimate of drug-likeness (QED) is 0.708. The van der Waals surface area contributed by atoms with E-state index >= 15 is 0 Å². The normalized spacial score (nSPS) is 12.7. The molecule has 0 saturated heterocycles. The molecular weight excluding hydrogens is 308 g/mol.